The lowest BCUT2D eigenvalue weighted by atomic mass is 9.92. The van der Waals surface area contributed by atoms with E-state index in [-0.39, 0.29) is 28.8 Å². The largest absolute Gasteiger partial charge is 0.479 e. The molecule has 14 nitrogen and oxygen atoms in total. The number of aliphatic carboxylic acids is 2. The smallest absolute Gasteiger partial charge is 0.348 e. The molecule has 2 aromatic heterocycles. The third-order valence-electron chi connectivity index (χ3n) is 6.57. The number of nitrogens with one attached hydrogen (secondary N) is 1. The molecule has 218 valence electrons. The van der Waals surface area contributed by atoms with Crippen LogP contribution in [0.5, 0.6) is 0 Å². The SMILES string of the molecule is C#C[C@@]1(O)C(COC(Cc2ccccc2)(C(=O)O)C(=O)O)O[C@@H](n2cnc3c(NCC(C)(C)O)nc(Cl)nc32)[C@@H]1O. The number of aliphatic hydroxyl groups is 3. The fourth-order valence-corrected chi connectivity index (χ4v) is 4.50. The van der Waals surface area contributed by atoms with Crippen LogP contribution in [0.25, 0.3) is 11.2 Å². The van der Waals surface area contributed by atoms with Crippen LogP contribution in [-0.2, 0) is 25.5 Å². The highest BCUT2D eigenvalue weighted by atomic mass is 35.5. The molecule has 1 unspecified atom stereocenters. The van der Waals surface area contributed by atoms with Gasteiger partial charge >= 0.3 is 11.9 Å². The second-order valence-electron chi connectivity index (χ2n) is 10.2. The Kier molecular flexibility index (Phi) is 8.23. The second-order valence-corrected chi connectivity index (χ2v) is 10.5. The fraction of sp³-hybridized carbons (Fsp3) is 0.423. The number of aromatic nitrogens is 4. The predicted molar refractivity (Wildman–Crippen MR) is 143 cm³/mol. The quantitative estimate of drug-likeness (QED) is 0.102. The van der Waals surface area contributed by atoms with Crippen molar-refractivity contribution in [1.82, 2.24) is 19.5 Å². The number of nitrogens with zero attached hydrogens (tertiary/aromatic N) is 4. The average Bonchev–Trinajstić information content (AvgIpc) is 3.43. The Morgan fingerprint density at radius 1 is 1.24 bits per heavy atom. The van der Waals surface area contributed by atoms with E-state index in [2.05, 4.69) is 26.2 Å². The molecule has 0 amide bonds. The number of imidazole rings is 1. The zero-order valence-electron chi connectivity index (χ0n) is 21.9. The van der Waals surface area contributed by atoms with Gasteiger partial charge in [-0.2, -0.15) is 9.97 Å². The maximum absolute atomic E-state index is 12.2. The highest BCUT2D eigenvalue weighted by molar-refractivity contribution is 6.28. The van der Waals surface area contributed by atoms with Gasteiger partial charge in [-0.3, -0.25) is 4.57 Å². The van der Waals surface area contributed by atoms with E-state index in [0.29, 0.717) is 5.56 Å². The summed E-state index contributed by atoms with van der Waals surface area (Å²) in [4.78, 5) is 36.8. The Balaban J connectivity index is 1.65. The number of hydrogen-bond donors (Lipinski definition) is 6. The fourth-order valence-electron chi connectivity index (χ4n) is 4.33. The van der Waals surface area contributed by atoms with Gasteiger partial charge in [0.15, 0.2) is 28.8 Å². The molecule has 0 spiro atoms. The zero-order chi connectivity index (χ0) is 30.2. The number of ether oxygens (including phenoxy) is 2. The van der Waals surface area contributed by atoms with Crippen molar-refractivity contribution in [3.63, 3.8) is 0 Å². The summed E-state index contributed by atoms with van der Waals surface area (Å²) in [6.07, 6.45) is 1.41. The van der Waals surface area contributed by atoms with Gasteiger partial charge in [0.1, 0.15) is 12.2 Å². The molecule has 1 aromatic carbocycles. The van der Waals surface area contributed by atoms with Crippen LogP contribution in [-0.4, -0.2) is 99.2 Å². The molecular weight excluding hydrogens is 562 g/mol. The van der Waals surface area contributed by atoms with E-state index in [1.54, 1.807) is 32.0 Å². The van der Waals surface area contributed by atoms with E-state index in [9.17, 15) is 35.1 Å². The van der Waals surface area contributed by atoms with Gasteiger partial charge in [-0.05, 0) is 31.0 Å². The van der Waals surface area contributed by atoms with E-state index in [0.717, 1.165) is 0 Å². The highest BCUT2D eigenvalue weighted by Crippen LogP contribution is 2.39. The van der Waals surface area contributed by atoms with Crippen LogP contribution in [0.2, 0.25) is 5.28 Å². The first kappa shape index (κ1) is 30.1. The number of carboxylic acid groups (broad SMARTS) is 2. The average molecular weight is 590 g/mol. The van der Waals surface area contributed by atoms with Gasteiger partial charge in [0.25, 0.3) is 5.60 Å². The van der Waals surface area contributed by atoms with Crippen molar-refractivity contribution in [2.45, 2.75) is 55.5 Å². The number of anilines is 1. The molecule has 0 aliphatic carbocycles. The molecule has 0 radical (unpaired) electrons. The van der Waals surface area contributed by atoms with Gasteiger partial charge < -0.3 is 40.3 Å². The minimum absolute atomic E-state index is 0.0720. The molecule has 1 aliphatic rings. The Bertz CT molecular complexity index is 1470. The number of rotatable bonds is 11. The third-order valence-corrected chi connectivity index (χ3v) is 6.74. The zero-order valence-corrected chi connectivity index (χ0v) is 22.7. The molecule has 4 rings (SSSR count). The normalized spacial score (nSPS) is 22.9. The summed E-state index contributed by atoms with van der Waals surface area (Å²) in [6, 6.07) is 7.97. The molecule has 1 aliphatic heterocycles. The molecule has 1 saturated heterocycles. The minimum Gasteiger partial charge on any atom is -0.479 e. The molecule has 0 saturated carbocycles. The first-order valence-electron chi connectivity index (χ1n) is 12.3. The van der Waals surface area contributed by atoms with Crippen molar-refractivity contribution in [3.05, 3.63) is 47.5 Å². The number of halogens is 1. The molecule has 41 heavy (non-hydrogen) atoms. The van der Waals surface area contributed by atoms with Crippen LogP contribution < -0.4 is 5.32 Å². The maximum atomic E-state index is 12.2. The standard InChI is InChI=1S/C26H28ClN5O9/c1-4-25(39)15(11-40-26(21(34)35,22(36)37)10-14-8-6-5-7-9-14)41-20(17(25)33)32-13-29-16-18(28-12-24(2,3)38)30-23(27)31-19(16)32/h1,5-9,13,15,17,20,33,38-39H,10-12H2,2-3H3,(H,34,35)(H,36,37)(H,28,30,31)/t15?,17-,20+,25+/m0/s1. The molecule has 3 heterocycles. The van der Waals surface area contributed by atoms with Crippen molar-refractivity contribution < 1.29 is 44.6 Å². The maximum Gasteiger partial charge on any atom is 0.348 e. The lowest BCUT2D eigenvalue weighted by Crippen LogP contribution is -2.55. The van der Waals surface area contributed by atoms with E-state index in [1.807, 2.05) is 0 Å². The number of fused-ring (bicyclic) bond motifs is 1. The van der Waals surface area contributed by atoms with Crippen molar-refractivity contribution in [1.29, 1.82) is 0 Å². The Hall–Kier alpha value is -3.84. The number of hydrogen-bond acceptors (Lipinski definition) is 11. The van der Waals surface area contributed by atoms with Crippen molar-refractivity contribution in [2.75, 3.05) is 18.5 Å². The van der Waals surface area contributed by atoms with Crippen LogP contribution in [0, 0.1) is 12.3 Å². The Morgan fingerprint density at radius 2 is 1.90 bits per heavy atom. The Labute approximate surface area is 238 Å². The summed E-state index contributed by atoms with van der Waals surface area (Å²) in [7, 11) is 0. The van der Waals surface area contributed by atoms with Gasteiger partial charge in [-0.25, -0.2) is 14.6 Å². The van der Waals surface area contributed by atoms with Crippen molar-refractivity contribution in [2.24, 2.45) is 0 Å². The summed E-state index contributed by atoms with van der Waals surface area (Å²) in [6.45, 7) is 2.42. The summed E-state index contributed by atoms with van der Waals surface area (Å²) in [5.74, 6) is -1.34. The van der Waals surface area contributed by atoms with Crippen LogP contribution in [0.4, 0.5) is 5.82 Å². The second kappa shape index (κ2) is 11.2. The van der Waals surface area contributed by atoms with Crippen LogP contribution in [0.1, 0.15) is 25.6 Å². The molecular formula is C26H28ClN5O9. The number of carboxylic acids is 2. The van der Waals surface area contributed by atoms with E-state index in [4.69, 9.17) is 27.5 Å². The summed E-state index contributed by atoms with van der Waals surface area (Å²) >= 11 is 6.10. The van der Waals surface area contributed by atoms with Crippen LogP contribution in [0.3, 0.4) is 0 Å². The molecule has 6 N–H and O–H groups in total. The van der Waals surface area contributed by atoms with E-state index in [1.165, 1.54) is 23.0 Å². The molecule has 4 atom stereocenters. The summed E-state index contributed by atoms with van der Waals surface area (Å²) in [5.41, 5.74) is -5.66. The van der Waals surface area contributed by atoms with Crippen molar-refractivity contribution in [3.8, 4) is 12.3 Å². The monoisotopic (exact) mass is 589 g/mol. The number of carbonyl (C=O) groups is 2. The van der Waals surface area contributed by atoms with E-state index >= 15 is 0 Å². The number of aliphatic hydroxyl groups excluding tert-OH is 1. The third kappa shape index (κ3) is 5.82. The van der Waals surface area contributed by atoms with Crippen LogP contribution >= 0.6 is 11.6 Å². The summed E-state index contributed by atoms with van der Waals surface area (Å²) in [5, 5.41) is 54.8. The Morgan fingerprint density at radius 3 is 2.49 bits per heavy atom. The predicted octanol–water partition coefficient (Wildman–Crippen LogP) is 0.452. The molecule has 15 heteroatoms. The minimum atomic E-state index is -2.76. The van der Waals surface area contributed by atoms with Crippen LogP contribution in [0.15, 0.2) is 36.7 Å². The van der Waals surface area contributed by atoms with E-state index < -0.39 is 60.2 Å². The first-order chi connectivity index (χ1) is 19.2. The highest BCUT2D eigenvalue weighted by Gasteiger charge is 2.58. The lowest BCUT2D eigenvalue weighted by Gasteiger charge is -2.30. The van der Waals surface area contributed by atoms with Gasteiger partial charge in [0.2, 0.25) is 5.28 Å². The molecule has 0 bridgehead atoms. The van der Waals surface area contributed by atoms with Gasteiger partial charge in [0.05, 0.1) is 18.5 Å². The van der Waals surface area contributed by atoms with Gasteiger partial charge in [0, 0.05) is 13.0 Å². The topological polar surface area (TPSA) is 209 Å². The van der Waals surface area contributed by atoms with Crippen molar-refractivity contribution >= 4 is 40.5 Å². The molecule has 1 fully saturated rings. The molecule has 3 aromatic rings. The first-order valence-corrected chi connectivity index (χ1v) is 12.6. The summed E-state index contributed by atoms with van der Waals surface area (Å²) < 4.78 is 12.5. The lowest BCUT2D eigenvalue weighted by molar-refractivity contribution is -0.191. The number of terminal acetylenes is 1. The van der Waals surface area contributed by atoms with Gasteiger partial charge in [-0.15, -0.1) is 6.42 Å². The van der Waals surface area contributed by atoms with Gasteiger partial charge in [-0.1, -0.05) is 36.3 Å². The number of benzene rings is 1.